The molecular formula is C16H19Br2NO. The van der Waals surface area contributed by atoms with E-state index in [0.717, 1.165) is 33.4 Å². The van der Waals surface area contributed by atoms with Gasteiger partial charge in [-0.3, -0.25) is 4.79 Å². The number of carbonyl (C=O) groups excluding carboxylic acids is 1. The lowest BCUT2D eigenvalue weighted by atomic mass is 9.78. The summed E-state index contributed by atoms with van der Waals surface area (Å²) >= 11 is 6.97. The summed E-state index contributed by atoms with van der Waals surface area (Å²) in [6.45, 7) is 0.919. The Balaban J connectivity index is 1.85. The van der Waals surface area contributed by atoms with Crippen LogP contribution in [0.5, 0.6) is 0 Å². The third-order valence-electron chi connectivity index (χ3n) is 4.67. The number of rotatable bonds is 1. The average Bonchev–Trinajstić information content (AvgIpc) is 2.46. The van der Waals surface area contributed by atoms with Crippen molar-refractivity contribution in [3.8, 4) is 0 Å². The number of carbonyl (C=O) groups is 1. The molecular weight excluding hydrogens is 382 g/mol. The van der Waals surface area contributed by atoms with Gasteiger partial charge in [0.1, 0.15) is 0 Å². The maximum Gasteiger partial charge on any atom is 0.255 e. The first-order valence-electron chi connectivity index (χ1n) is 7.43. The molecule has 2 nitrogen and oxygen atoms in total. The van der Waals surface area contributed by atoms with Crippen LogP contribution in [0.25, 0.3) is 0 Å². The molecule has 2 aliphatic rings. The molecule has 2 fully saturated rings. The molecule has 1 heterocycles. The SMILES string of the molecule is O=C(c1ccc(Br)cc1Br)N1CCC[C@H]2CCCC[C@H]21. The molecule has 0 N–H and O–H groups in total. The molecule has 4 heteroatoms. The molecule has 0 spiro atoms. The van der Waals surface area contributed by atoms with Gasteiger partial charge < -0.3 is 4.90 Å². The van der Waals surface area contributed by atoms with Crippen molar-refractivity contribution >= 4 is 37.8 Å². The van der Waals surface area contributed by atoms with Crippen molar-refractivity contribution in [3.63, 3.8) is 0 Å². The third kappa shape index (κ3) is 2.82. The van der Waals surface area contributed by atoms with E-state index in [1.165, 1.54) is 32.1 Å². The van der Waals surface area contributed by atoms with Gasteiger partial charge in [-0.1, -0.05) is 28.8 Å². The lowest BCUT2D eigenvalue weighted by Crippen LogP contribution is -2.49. The highest BCUT2D eigenvalue weighted by Crippen LogP contribution is 2.36. The molecule has 1 saturated heterocycles. The van der Waals surface area contributed by atoms with Crippen molar-refractivity contribution < 1.29 is 4.79 Å². The summed E-state index contributed by atoms with van der Waals surface area (Å²) in [5, 5.41) is 0. The summed E-state index contributed by atoms with van der Waals surface area (Å²) < 4.78 is 1.88. The van der Waals surface area contributed by atoms with Crippen LogP contribution in [0.2, 0.25) is 0 Å². The minimum absolute atomic E-state index is 0.195. The van der Waals surface area contributed by atoms with E-state index in [1.54, 1.807) is 0 Å². The topological polar surface area (TPSA) is 20.3 Å². The van der Waals surface area contributed by atoms with Gasteiger partial charge >= 0.3 is 0 Å². The van der Waals surface area contributed by atoms with Crippen LogP contribution < -0.4 is 0 Å². The van der Waals surface area contributed by atoms with Crippen molar-refractivity contribution in [2.24, 2.45) is 5.92 Å². The van der Waals surface area contributed by atoms with Gasteiger partial charge in [0.15, 0.2) is 0 Å². The third-order valence-corrected chi connectivity index (χ3v) is 5.81. The fourth-order valence-electron chi connectivity index (χ4n) is 3.69. The fraction of sp³-hybridized carbons (Fsp3) is 0.562. The Morgan fingerprint density at radius 2 is 1.85 bits per heavy atom. The van der Waals surface area contributed by atoms with Gasteiger partial charge in [0, 0.05) is 21.5 Å². The van der Waals surface area contributed by atoms with Crippen molar-refractivity contribution in [3.05, 3.63) is 32.7 Å². The molecule has 1 aliphatic carbocycles. The molecule has 1 amide bonds. The first-order valence-corrected chi connectivity index (χ1v) is 9.01. The van der Waals surface area contributed by atoms with Crippen LogP contribution in [-0.2, 0) is 0 Å². The summed E-state index contributed by atoms with van der Waals surface area (Å²) in [7, 11) is 0. The van der Waals surface area contributed by atoms with Crippen LogP contribution in [0.4, 0.5) is 0 Å². The Labute approximate surface area is 137 Å². The van der Waals surface area contributed by atoms with Crippen molar-refractivity contribution in [1.29, 1.82) is 0 Å². The lowest BCUT2D eigenvalue weighted by Gasteiger charge is -2.44. The number of likely N-dealkylation sites (tertiary alicyclic amines) is 1. The zero-order chi connectivity index (χ0) is 14.1. The average molecular weight is 401 g/mol. The number of nitrogens with zero attached hydrogens (tertiary/aromatic N) is 1. The van der Waals surface area contributed by atoms with Crippen LogP contribution in [-0.4, -0.2) is 23.4 Å². The quantitative estimate of drug-likeness (QED) is 0.648. The molecule has 0 aromatic heterocycles. The largest absolute Gasteiger partial charge is 0.335 e. The Morgan fingerprint density at radius 3 is 2.65 bits per heavy atom. The first kappa shape index (κ1) is 14.6. The molecule has 1 aliphatic heterocycles. The Kier molecular flexibility index (Phi) is 4.51. The van der Waals surface area contributed by atoms with Crippen LogP contribution in [0.1, 0.15) is 48.9 Å². The zero-order valence-electron chi connectivity index (χ0n) is 11.4. The summed E-state index contributed by atoms with van der Waals surface area (Å²) in [5.74, 6) is 0.927. The number of halogens is 2. The fourth-order valence-corrected chi connectivity index (χ4v) is 4.91. The summed E-state index contributed by atoms with van der Waals surface area (Å²) in [5.41, 5.74) is 0.791. The van der Waals surface area contributed by atoms with Gasteiger partial charge in [0.05, 0.1) is 5.56 Å². The van der Waals surface area contributed by atoms with Crippen molar-refractivity contribution in [2.45, 2.75) is 44.6 Å². The first-order chi connectivity index (χ1) is 9.66. The number of amides is 1. The molecule has 1 aromatic rings. The van der Waals surface area contributed by atoms with Gasteiger partial charge in [0.25, 0.3) is 5.91 Å². The van der Waals surface area contributed by atoms with E-state index in [0.29, 0.717) is 6.04 Å². The predicted octanol–water partition coefficient (Wildman–Crippen LogP) is 5.01. The highest BCUT2D eigenvalue weighted by molar-refractivity contribution is 9.11. The molecule has 1 saturated carbocycles. The van der Waals surface area contributed by atoms with Crippen molar-refractivity contribution in [2.75, 3.05) is 6.54 Å². The van der Waals surface area contributed by atoms with Crippen molar-refractivity contribution in [1.82, 2.24) is 4.90 Å². The molecule has 0 bridgehead atoms. The van der Waals surface area contributed by atoms with E-state index in [4.69, 9.17) is 0 Å². The Bertz CT molecular complexity index is 515. The highest BCUT2D eigenvalue weighted by atomic mass is 79.9. The van der Waals surface area contributed by atoms with Gasteiger partial charge in [0.2, 0.25) is 0 Å². The van der Waals surface area contributed by atoms with E-state index in [-0.39, 0.29) is 5.91 Å². The van der Waals surface area contributed by atoms with E-state index >= 15 is 0 Å². The molecule has 20 heavy (non-hydrogen) atoms. The second-order valence-corrected chi connectivity index (χ2v) is 7.65. The van der Waals surface area contributed by atoms with Gasteiger partial charge in [-0.15, -0.1) is 0 Å². The summed E-state index contributed by atoms with van der Waals surface area (Å²) in [4.78, 5) is 15.0. The van der Waals surface area contributed by atoms with Crippen LogP contribution in [0.3, 0.4) is 0 Å². The maximum atomic E-state index is 12.9. The molecule has 2 atom stereocenters. The number of benzene rings is 1. The molecule has 0 unspecified atom stereocenters. The summed E-state index contributed by atoms with van der Waals surface area (Å²) in [6.07, 6.45) is 7.55. The Hall–Kier alpha value is -0.350. The molecule has 0 radical (unpaired) electrons. The number of piperidine rings is 1. The van der Waals surface area contributed by atoms with Crippen LogP contribution >= 0.6 is 31.9 Å². The van der Waals surface area contributed by atoms with E-state index in [1.807, 2.05) is 18.2 Å². The standard InChI is InChI=1S/C16H19Br2NO/c17-12-7-8-13(14(18)10-12)16(20)19-9-3-5-11-4-1-2-6-15(11)19/h7-8,10-11,15H,1-6,9H2/t11-,15-/m1/s1. The summed E-state index contributed by atoms with van der Waals surface area (Å²) in [6, 6.07) is 6.29. The normalized spacial score (nSPS) is 26.2. The second kappa shape index (κ2) is 6.18. The lowest BCUT2D eigenvalue weighted by molar-refractivity contribution is 0.0390. The van der Waals surface area contributed by atoms with Gasteiger partial charge in [-0.05, 0) is 65.7 Å². The number of hydrogen-bond donors (Lipinski definition) is 0. The zero-order valence-corrected chi connectivity index (χ0v) is 14.6. The van der Waals surface area contributed by atoms with Gasteiger partial charge in [-0.2, -0.15) is 0 Å². The van der Waals surface area contributed by atoms with E-state index in [2.05, 4.69) is 36.8 Å². The molecule has 108 valence electrons. The van der Waals surface area contributed by atoms with Gasteiger partial charge in [-0.25, -0.2) is 0 Å². The Morgan fingerprint density at radius 1 is 1.10 bits per heavy atom. The minimum atomic E-state index is 0.195. The van der Waals surface area contributed by atoms with E-state index < -0.39 is 0 Å². The minimum Gasteiger partial charge on any atom is -0.335 e. The second-order valence-electron chi connectivity index (χ2n) is 5.88. The smallest absolute Gasteiger partial charge is 0.255 e. The van der Waals surface area contributed by atoms with Crippen LogP contribution in [0, 0.1) is 5.92 Å². The number of hydrogen-bond acceptors (Lipinski definition) is 1. The predicted molar refractivity (Wildman–Crippen MR) is 87.9 cm³/mol. The molecule has 3 rings (SSSR count). The molecule has 1 aromatic carbocycles. The highest BCUT2D eigenvalue weighted by Gasteiger charge is 2.36. The maximum absolute atomic E-state index is 12.9. The number of fused-ring (bicyclic) bond motifs is 1. The monoisotopic (exact) mass is 399 g/mol. The van der Waals surface area contributed by atoms with E-state index in [9.17, 15) is 4.79 Å². The van der Waals surface area contributed by atoms with Crippen LogP contribution in [0.15, 0.2) is 27.1 Å².